The number of Topliss-reactive ketones (excluding diaryl/α,β-unsaturated/α-hetero) is 1. The van der Waals surface area contributed by atoms with E-state index in [2.05, 4.69) is 24.1 Å². The summed E-state index contributed by atoms with van der Waals surface area (Å²) in [5.41, 5.74) is 0.644. The van der Waals surface area contributed by atoms with Crippen molar-refractivity contribution in [3.05, 3.63) is 93.7 Å². The van der Waals surface area contributed by atoms with E-state index in [-0.39, 0.29) is 81.3 Å². The molecule has 4 aliphatic heterocycles. The number of piperidine rings is 1. The van der Waals surface area contributed by atoms with Gasteiger partial charge in [-0.2, -0.15) is 0 Å². The third kappa shape index (κ3) is 13.0. The molecule has 390 valence electrons. The lowest BCUT2D eigenvalue weighted by Gasteiger charge is -2.37. The summed E-state index contributed by atoms with van der Waals surface area (Å²) in [6.07, 6.45) is 7.94. The fourth-order valence-corrected chi connectivity index (χ4v) is 10.3. The molecule has 7 atom stereocenters. The lowest BCUT2D eigenvalue weighted by molar-refractivity contribution is -0.166. The largest absolute Gasteiger partial charge is 0.507 e. The molecule has 4 aliphatic rings. The van der Waals surface area contributed by atoms with Gasteiger partial charge >= 0.3 is 11.9 Å². The number of ketones is 1. The van der Waals surface area contributed by atoms with E-state index in [1.54, 1.807) is 45.1 Å². The smallest absolute Gasteiger partial charge is 0.317 e. The van der Waals surface area contributed by atoms with E-state index >= 15 is 4.79 Å². The van der Waals surface area contributed by atoms with Gasteiger partial charge in [-0.3, -0.25) is 29.2 Å². The number of nitrogens with zero attached hydrogens (tertiary/aromatic N) is 3. The summed E-state index contributed by atoms with van der Waals surface area (Å²) < 4.78 is 23.8. The second-order valence-electron chi connectivity index (χ2n) is 20.5. The number of hydrogen-bond donors (Lipinski definition) is 4. The Kier molecular flexibility index (Phi) is 19.0. The fourth-order valence-electron chi connectivity index (χ4n) is 10.3. The molecule has 0 unspecified atom stereocenters. The number of aliphatic hydroxyl groups excluding tert-OH is 1. The molecule has 3 aromatic rings. The zero-order valence-electron chi connectivity index (χ0n) is 43.8. The maximum Gasteiger partial charge on any atom is 0.317 e. The van der Waals surface area contributed by atoms with Crippen LogP contribution in [0.3, 0.4) is 0 Å². The van der Waals surface area contributed by atoms with Crippen molar-refractivity contribution in [2.45, 2.75) is 131 Å². The van der Waals surface area contributed by atoms with E-state index < -0.39 is 71.6 Å². The molecular formula is C57H76N4O11. The molecule has 0 aromatic heterocycles. The summed E-state index contributed by atoms with van der Waals surface area (Å²) in [6, 6.07) is 9.54. The number of hydrogen-bond acceptors (Lipinski definition) is 14. The quantitative estimate of drug-likeness (QED) is 0.0589. The van der Waals surface area contributed by atoms with Gasteiger partial charge in [0.15, 0.2) is 17.2 Å². The third-order valence-corrected chi connectivity index (χ3v) is 14.2. The number of carbonyl (C=O) groups excluding carboxylic acids is 4. The molecule has 0 aliphatic carbocycles. The van der Waals surface area contributed by atoms with Gasteiger partial charge in [-0.05, 0) is 50.0 Å². The number of anilines is 1. The Labute approximate surface area is 424 Å². The first-order valence-electron chi connectivity index (χ1n) is 25.6. The zero-order chi connectivity index (χ0) is 52.4. The van der Waals surface area contributed by atoms with E-state index in [9.17, 15) is 29.7 Å². The number of benzene rings is 3. The van der Waals surface area contributed by atoms with Crippen LogP contribution in [0.1, 0.15) is 115 Å². The molecule has 1 saturated heterocycles. The number of aliphatic hydroxyl groups is 1. The Morgan fingerprint density at radius 1 is 0.917 bits per heavy atom. The minimum atomic E-state index is -0.963. The Balaban J connectivity index is 1.45. The minimum Gasteiger partial charge on any atom is -0.507 e. The summed E-state index contributed by atoms with van der Waals surface area (Å²) in [4.78, 5) is 68.4. The van der Waals surface area contributed by atoms with Gasteiger partial charge < -0.3 is 44.5 Å². The van der Waals surface area contributed by atoms with Crippen LogP contribution in [-0.2, 0) is 35.0 Å². The standard InChI is InChI=1S/C57H76N4O11/c1-11-28-71-55-39(9)52(66)47-46-45(55)41(62)21-16-22-42(69-10)37(7)54(72-44(64)31-43(63)70-29-23-40-19-13-12-14-20-40)38(8)51(65)36(6)30-34(4)17-15-18-35(5)56(68)58-50(53(47)67)49-48(46)59-57(60-49)24-26-61(27-25-57)32-33(2)3/h12-20,22,33-34,36-38,42,51,54,65-67H,11,21,23-32H2,1-10H3,(H,58,68)/b17-15+,22-16+,35-18-/t34-,36+,37+,38+,42-,51+,54+/m0/s1. The van der Waals surface area contributed by atoms with Gasteiger partial charge in [-0.25, -0.2) is 0 Å². The first kappa shape index (κ1) is 55.4. The summed E-state index contributed by atoms with van der Waals surface area (Å²) in [5, 5.41) is 39.8. The molecule has 15 nitrogen and oxygen atoms in total. The summed E-state index contributed by atoms with van der Waals surface area (Å²) >= 11 is 0. The van der Waals surface area contributed by atoms with Crippen LogP contribution in [0.4, 0.5) is 5.69 Å². The summed E-state index contributed by atoms with van der Waals surface area (Å²) in [7, 11) is 1.50. The molecule has 4 heterocycles. The number of ether oxygens (including phenoxy) is 4. The lowest BCUT2D eigenvalue weighted by Crippen LogP contribution is -2.44. The SMILES string of the molecule is CCCOc1c(C)c(O)c2c(O)c3c4c(c2c1C(=O)C/C=C/[C@H](OC)[C@@H](C)[C@@H](OC(=O)CC(=O)OCCc1ccccc1)[C@H](C)[C@H](O)[C@H](C)C[C@@H](C)/C=C/C=C(/C)C(=O)N3)=NC1(CCN(CC(C)C)CC1)N=4. The number of phenolic OH excluding ortho intramolecular Hbond substituents is 2. The summed E-state index contributed by atoms with van der Waals surface area (Å²) in [6.45, 7) is 19.7. The molecule has 3 aromatic carbocycles. The van der Waals surface area contributed by atoms with Crippen LogP contribution < -0.4 is 20.8 Å². The van der Waals surface area contributed by atoms with Crippen LogP contribution in [0.15, 0.2) is 76.3 Å². The predicted molar refractivity (Wildman–Crippen MR) is 277 cm³/mol. The minimum absolute atomic E-state index is 0.0180. The number of esters is 2. The Hall–Kier alpha value is -5.90. The summed E-state index contributed by atoms with van der Waals surface area (Å²) in [5.74, 6) is -4.26. The number of amides is 1. The van der Waals surface area contributed by atoms with Crippen molar-refractivity contribution in [3.63, 3.8) is 0 Å². The molecule has 4 N–H and O–H groups in total. The highest BCUT2D eigenvalue weighted by molar-refractivity contribution is 6.16. The third-order valence-electron chi connectivity index (χ3n) is 14.2. The number of fused-ring (bicyclic) bond motifs is 14. The predicted octanol–water partition coefficient (Wildman–Crippen LogP) is 8.03. The highest BCUT2D eigenvalue weighted by Crippen LogP contribution is 2.46. The van der Waals surface area contributed by atoms with E-state index in [0.717, 1.165) is 12.1 Å². The molecule has 0 saturated carbocycles. The molecular weight excluding hydrogens is 917 g/mol. The van der Waals surface area contributed by atoms with E-state index in [0.29, 0.717) is 56.7 Å². The average molecular weight is 993 g/mol. The fraction of sp³-hybridized carbons (Fsp3) is 0.544. The van der Waals surface area contributed by atoms with Crippen molar-refractivity contribution in [1.82, 2.24) is 4.90 Å². The van der Waals surface area contributed by atoms with Crippen molar-refractivity contribution < 1.29 is 53.4 Å². The highest BCUT2D eigenvalue weighted by Gasteiger charge is 2.41. The normalized spacial score (nSPS) is 25.8. The van der Waals surface area contributed by atoms with E-state index in [4.69, 9.17) is 28.9 Å². The maximum absolute atomic E-state index is 15.0. The van der Waals surface area contributed by atoms with Crippen LogP contribution in [-0.4, -0.2) is 108 Å². The second-order valence-corrected chi connectivity index (χ2v) is 20.5. The molecule has 72 heavy (non-hydrogen) atoms. The molecule has 7 rings (SSSR count). The van der Waals surface area contributed by atoms with Crippen LogP contribution in [0.25, 0.3) is 10.8 Å². The van der Waals surface area contributed by atoms with Gasteiger partial charge in [0.25, 0.3) is 5.91 Å². The van der Waals surface area contributed by atoms with Gasteiger partial charge in [-0.1, -0.05) is 109 Å². The van der Waals surface area contributed by atoms with E-state index in [1.165, 1.54) is 7.11 Å². The maximum atomic E-state index is 15.0. The van der Waals surface area contributed by atoms with Crippen molar-refractivity contribution in [1.29, 1.82) is 0 Å². The van der Waals surface area contributed by atoms with Gasteiger partial charge in [0.2, 0.25) is 0 Å². The van der Waals surface area contributed by atoms with Gasteiger partial charge in [0.1, 0.15) is 35.1 Å². The Morgan fingerprint density at radius 2 is 1.61 bits per heavy atom. The van der Waals surface area contributed by atoms with Gasteiger partial charge in [0.05, 0.1) is 41.7 Å². The van der Waals surface area contributed by atoms with Crippen molar-refractivity contribution in [3.8, 4) is 17.2 Å². The number of nitrogens with one attached hydrogen (secondary N) is 1. The molecule has 1 spiro atoms. The molecule has 1 fully saturated rings. The van der Waals surface area contributed by atoms with Crippen LogP contribution >= 0.6 is 0 Å². The van der Waals surface area contributed by atoms with Crippen molar-refractivity contribution in [2.75, 3.05) is 45.3 Å². The van der Waals surface area contributed by atoms with Crippen LogP contribution in [0.2, 0.25) is 0 Å². The molecule has 0 radical (unpaired) electrons. The van der Waals surface area contributed by atoms with Crippen LogP contribution in [0, 0.1) is 36.5 Å². The monoisotopic (exact) mass is 993 g/mol. The van der Waals surface area contributed by atoms with Crippen molar-refractivity contribution in [2.24, 2.45) is 39.6 Å². The lowest BCUT2D eigenvalue weighted by atomic mass is 9.79. The number of rotatable bonds is 12. The number of likely N-dealkylation sites (tertiary alicyclic amines) is 1. The second kappa shape index (κ2) is 24.7. The first-order chi connectivity index (χ1) is 34.3. The van der Waals surface area contributed by atoms with Gasteiger partial charge in [0, 0.05) is 80.8 Å². The first-order valence-corrected chi connectivity index (χ1v) is 25.6. The number of allylic oxidation sites excluding steroid dienone is 4. The molecule has 15 heteroatoms. The van der Waals surface area contributed by atoms with Crippen molar-refractivity contribution >= 4 is 40.1 Å². The number of carbonyl (C=O) groups is 4. The molecule has 4 bridgehead atoms. The number of aromatic hydroxyl groups is 2. The highest BCUT2D eigenvalue weighted by atomic mass is 16.6. The number of methoxy groups -OCH3 is 1. The average Bonchev–Trinajstić information content (AvgIpc) is 3.72. The Bertz CT molecular complexity index is 2670. The number of phenols is 2. The zero-order valence-corrected chi connectivity index (χ0v) is 43.8. The topological polar surface area (TPSA) is 206 Å². The van der Waals surface area contributed by atoms with Gasteiger partial charge in [-0.15, -0.1) is 0 Å². The Morgan fingerprint density at radius 3 is 2.28 bits per heavy atom. The molecule has 1 amide bonds. The van der Waals surface area contributed by atoms with E-state index in [1.807, 2.05) is 64.1 Å². The van der Waals surface area contributed by atoms with Crippen LogP contribution in [0.5, 0.6) is 17.2 Å².